The van der Waals surface area contributed by atoms with Crippen molar-refractivity contribution in [3.05, 3.63) is 48.4 Å². The molecule has 20 heavy (non-hydrogen) atoms. The lowest BCUT2D eigenvalue weighted by Gasteiger charge is -2.11. The molecule has 0 spiro atoms. The third-order valence-electron chi connectivity index (χ3n) is 3.09. The Hall–Kier alpha value is -2.56. The zero-order chi connectivity index (χ0) is 14.1. The summed E-state index contributed by atoms with van der Waals surface area (Å²) in [5.41, 5.74) is 7.75. The molecule has 4 nitrogen and oxygen atoms in total. The summed E-state index contributed by atoms with van der Waals surface area (Å²) >= 11 is 0. The van der Waals surface area contributed by atoms with Crippen LogP contribution in [0.25, 0.3) is 16.6 Å². The van der Waals surface area contributed by atoms with Crippen LogP contribution < -0.4 is 10.5 Å². The van der Waals surface area contributed by atoms with Crippen LogP contribution in [-0.2, 0) is 0 Å². The normalized spacial score (nSPS) is 10.9. The van der Waals surface area contributed by atoms with Crippen molar-refractivity contribution >= 4 is 16.6 Å². The first-order valence-corrected chi connectivity index (χ1v) is 6.35. The van der Waals surface area contributed by atoms with Gasteiger partial charge < -0.3 is 10.5 Å². The lowest BCUT2D eigenvalue weighted by atomic mass is 10.2. The number of benzene rings is 2. The first kappa shape index (κ1) is 12.5. The van der Waals surface area contributed by atoms with Gasteiger partial charge >= 0.3 is 0 Å². The van der Waals surface area contributed by atoms with Gasteiger partial charge in [0.15, 0.2) is 11.6 Å². The number of nitrogens with two attached hydrogens (primary N) is 1. The highest BCUT2D eigenvalue weighted by molar-refractivity contribution is 5.81. The van der Waals surface area contributed by atoms with E-state index in [0.29, 0.717) is 18.0 Å². The van der Waals surface area contributed by atoms with Crippen LogP contribution in [0.15, 0.2) is 42.6 Å². The number of para-hydroxylation sites is 1. The second-order valence-corrected chi connectivity index (χ2v) is 4.39. The van der Waals surface area contributed by atoms with Crippen LogP contribution in [0.5, 0.6) is 5.75 Å². The Morgan fingerprint density at radius 1 is 1.30 bits per heavy atom. The van der Waals surface area contributed by atoms with Crippen molar-refractivity contribution in [2.75, 3.05) is 12.3 Å². The van der Waals surface area contributed by atoms with Gasteiger partial charge in [-0.25, -0.2) is 9.07 Å². The Kier molecular flexibility index (Phi) is 3.02. The molecule has 0 saturated heterocycles. The van der Waals surface area contributed by atoms with Crippen LogP contribution in [0.1, 0.15) is 6.92 Å². The summed E-state index contributed by atoms with van der Waals surface area (Å²) in [5, 5.41) is 5.31. The Labute approximate surface area is 115 Å². The fraction of sp³-hybridized carbons (Fsp3) is 0.133. The van der Waals surface area contributed by atoms with E-state index < -0.39 is 5.82 Å². The highest BCUT2D eigenvalue weighted by Gasteiger charge is 2.13. The first-order chi connectivity index (χ1) is 9.70. The topological polar surface area (TPSA) is 53.1 Å². The van der Waals surface area contributed by atoms with Gasteiger partial charge in [0.05, 0.1) is 29.7 Å². The van der Waals surface area contributed by atoms with Gasteiger partial charge in [-0.3, -0.25) is 0 Å². The summed E-state index contributed by atoms with van der Waals surface area (Å²) < 4.78 is 20.7. The third kappa shape index (κ3) is 1.97. The van der Waals surface area contributed by atoms with Crippen molar-refractivity contribution in [3.8, 4) is 11.4 Å². The quantitative estimate of drug-likeness (QED) is 0.744. The van der Waals surface area contributed by atoms with Crippen molar-refractivity contribution < 1.29 is 9.13 Å². The maximum Gasteiger partial charge on any atom is 0.167 e. The largest absolute Gasteiger partial charge is 0.491 e. The minimum absolute atomic E-state index is 0.177. The van der Waals surface area contributed by atoms with Crippen LogP contribution in [0, 0.1) is 5.82 Å². The van der Waals surface area contributed by atoms with Gasteiger partial charge in [0.2, 0.25) is 0 Å². The Morgan fingerprint density at radius 2 is 2.10 bits per heavy atom. The summed E-state index contributed by atoms with van der Waals surface area (Å²) in [6.45, 7) is 2.19. The zero-order valence-electron chi connectivity index (χ0n) is 11.0. The number of hydrogen-bond acceptors (Lipinski definition) is 3. The summed E-state index contributed by atoms with van der Waals surface area (Å²) in [5.74, 6) is -0.291. The molecule has 0 saturated carbocycles. The number of rotatable bonds is 3. The maximum absolute atomic E-state index is 13.7. The molecule has 3 rings (SSSR count). The molecule has 102 valence electrons. The van der Waals surface area contributed by atoms with Crippen molar-refractivity contribution in [1.82, 2.24) is 9.78 Å². The highest BCUT2D eigenvalue weighted by atomic mass is 19.1. The predicted octanol–water partition coefficient (Wildman–Crippen LogP) is 3.15. The van der Waals surface area contributed by atoms with E-state index in [1.165, 1.54) is 6.07 Å². The first-order valence-electron chi connectivity index (χ1n) is 6.35. The van der Waals surface area contributed by atoms with Gasteiger partial charge in [0, 0.05) is 17.5 Å². The monoisotopic (exact) mass is 271 g/mol. The van der Waals surface area contributed by atoms with E-state index in [1.807, 2.05) is 24.3 Å². The fourth-order valence-corrected chi connectivity index (χ4v) is 2.17. The minimum atomic E-state index is -0.468. The average molecular weight is 271 g/mol. The molecule has 0 unspecified atom stereocenters. The van der Waals surface area contributed by atoms with Crippen LogP contribution in [0.4, 0.5) is 10.1 Å². The average Bonchev–Trinajstić information content (AvgIpc) is 2.86. The number of fused-ring (bicyclic) bond motifs is 1. The maximum atomic E-state index is 13.7. The fourth-order valence-electron chi connectivity index (χ4n) is 2.17. The van der Waals surface area contributed by atoms with Crippen molar-refractivity contribution in [2.45, 2.75) is 6.92 Å². The predicted molar refractivity (Wildman–Crippen MR) is 76.6 cm³/mol. The molecule has 0 aliphatic rings. The number of nitrogens with zero attached hydrogens (tertiary/aromatic N) is 2. The molecule has 0 aliphatic heterocycles. The van der Waals surface area contributed by atoms with Gasteiger partial charge in [0.25, 0.3) is 0 Å². The summed E-state index contributed by atoms with van der Waals surface area (Å²) in [6.07, 6.45) is 1.75. The van der Waals surface area contributed by atoms with E-state index >= 15 is 0 Å². The molecule has 0 radical (unpaired) electrons. The Balaban J connectivity index is 2.21. The van der Waals surface area contributed by atoms with E-state index in [4.69, 9.17) is 10.5 Å². The molecule has 2 aromatic carbocycles. The summed E-state index contributed by atoms with van der Waals surface area (Å²) in [6, 6.07) is 10.6. The zero-order valence-corrected chi connectivity index (χ0v) is 11.0. The molecule has 1 heterocycles. The van der Waals surface area contributed by atoms with Crippen molar-refractivity contribution in [1.29, 1.82) is 0 Å². The Bertz CT molecular complexity index is 767. The number of halogens is 1. The SMILES string of the molecule is CCOc1cc(-n2ncc3ccccc32)c(N)cc1F. The standard InChI is InChI=1S/C15H14FN3O/c1-2-20-15-8-14(12(17)7-11(15)16)19-13-6-4-3-5-10(13)9-18-19/h3-9H,2,17H2,1H3. The van der Waals surface area contributed by atoms with Gasteiger partial charge in [-0.1, -0.05) is 18.2 Å². The summed E-state index contributed by atoms with van der Waals surface area (Å²) in [4.78, 5) is 0. The third-order valence-corrected chi connectivity index (χ3v) is 3.09. The molecule has 0 atom stereocenters. The van der Waals surface area contributed by atoms with E-state index in [-0.39, 0.29) is 5.75 Å². The highest BCUT2D eigenvalue weighted by Crippen LogP contribution is 2.29. The number of aromatic nitrogens is 2. The Morgan fingerprint density at radius 3 is 2.90 bits per heavy atom. The van der Waals surface area contributed by atoms with Gasteiger partial charge in [-0.05, 0) is 13.0 Å². The number of anilines is 1. The summed E-state index contributed by atoms with van der Waals surface area (Å²) in [7, 11) is 0. The van der Waals surface area contributed by atoms with Crippen LogP contribution in [-0.4, -0.2) is 16.4 Å². The molecule has 1 aromatic heterocycles. The number of hydrogen-bond donors (Lipinski definition) is 1. The van der Waals surface area contributed by atoms with Crippen LogP contribution in [0.2, 0.25) is 0 Å². The molecular formula is C15H14FN3O. The molecular weight excluding hydrogens is 257 g/mol. The molecule has 5 heteroatoms. The van der Waals surface area contributed by atoms with Gasteiger partial charge in [-0.15, -0.1) is 0 Å². The molecule has 0 aliphatic carbocycles. The lowest BCUT2D eigenvalue weighted by molar-refractivity contribution is 0.321. The molecule has 2 N–H and O–H groups in total. The molecule has 0 amide bonds. The second kappa shape index (κ2) is 4.85. The van der Waals surface area contributed by atoms with Crippen molar-refractivity contribution in [3.63, 3.8) is 0 Å². The van der Waals surface area contributed by atoms with E-state index in [1.54, 1.807) is 23.9 Å². The molecule has 0 fully saturated rings. The van der Waals surface area contributed by atoms with Crippen molar-refractivity contribution in [2.24, 2.45) is 0 Å². The van der Waals surface area contributed by atoms with Crippen LogP contribution in [0.3, 0.4) is 0 Å². The van der Waals surface area contributed by atoms with E-state index in [2.05, 4.69) is 5.10 Å². The minimum Gasteiger partial charge on any atom is -0.491 e. The number of ether oxygens (including phenoxy) is 1. The van der Waals surface area contributed by atoms with E-state index in [9.17, 15) is 4.39 Å². The molecule has 3 aromatic rings. The van der Waals surface area contributed by atoms with Gasteiger partial charge in [-0.2, -0.15) is 5.10 Å². The second-order valence-electron chi connectivity index (χ2n) is 4.39. The smallest absolute Gasteiger partial charge is 0.167 e. The number of nitrogen functional groups attached to an aromatic ring is 1. The lowest BCUT2D eigenvalue weighted by Crippen LogP contribution is -2.04. The van der Waals surface area contributed by atoms with Gasteiger partial charge in [0.1, 0.15) is 0 Å². The van der Waals surface area contributed by atoms with Crippen LogP contribution >= 0.6 is 0 Å². The molecule has 0 bridgehead atoms. The van der Waals surface area contributed by atoms with E-state index in [0.717, 1.165) is 10.9 Å².